The summed E-state index contributed by atoms with van der Waals surface area (Å²) in [5.74, 6) is 0. The normalized spacial score (nSPS) is 16.3. The Morgan fingerprint density at radius 3 is 2.57 bits per heavy atom. The van der Waals surface area contributed by atoms with E-state index in [1.54, 1.807) is 11.3 Å². The van der Waals surface area contributed by atoms with E-state index in [1.807, 2.05) is 0 Å². The van der Waals surface area contributed by atoms with E-state index in [9.17, 15) is 0 Å². The first-order valence-corrected chi connectivity index (χ1v) is 8.47. The van der Waals surface area contributed by atoms with Crippen molar-refractivity contribution in [3.63, 3.8) is 0 Å². The third-order valence-electron chi connectivity index (χ3n) is 4.24. The molecule has 0 bridgehead atoms. The van der Waals surface area contributed by atoms with Gasteiger partial charge in [0.15, 0.2) is 0 Å². The van der Waals surface area contributed by atoms with Gasteiger partial charge in [-0.2, -0.15) is 0 Å². The minimum absolute atomic E-state index is 0.982. The molecule has 0 unspecified atom stereocenters. The Kier molecular flexibility index (Phi) is 4.38. The second-order valence-electron chi connectivity index (χ2n) is 5.90. The maximum atomic E-state index is 4.86. The Morgan fingerprint density at radius 2 is 1.81 bits per heavy atom. The average Bonchev–Trinajstić information content (AvgIpc) is 2.92. The molecule has 0 radical (unpaired) electrons. The van der Waals surface area contributed by atoms with Crippen LogP contribution in [0.5, 0.6) is 0 Å². The van der Waals surface area contributed by atoms with Crippen LogP contribution in [-0.4, -0.2) is 36.1 Å². The van der Waals surface area contributed by atoms with Crippen molar-refractivity contribution in [2.75, 3.05) is 26.2 Å². The minimum atomic E-state index is 0.982. The quantitative estimate of drug-likeness (QED) is 0.944. The molecule has 1 fully saturated rings. The molecule has 0 amide bonds. The number of thiazole rings is 1. The van der Waals surface area contributed by atoms with Crippen LogP contribution in [0, 0.1) is 20.8 Å². The minimum Gasteiger partial charge on any atom is -0.314 e. The third kappa shape index (κ3) is 3.34. The highest BCUT2D eigenvalue weighted by Crippen LogP contribution is 2.28. The first-order chi connectivity index (χ1) is 10.1. The zero-order valence-corrected chi connectivity index (χ0v) is 13.9. The van der Waals surface area contributed by atoms with Crippen molar-refractivity contribution >= 4 is 11.3 Å². The Balaban J connectivity index is 1.79. The molecule has 2 aromatic rings. The molecule has 2 heterocycles. The van der Waals surface area contributed by atoms with E-state index < -0.39 is 0 Å². The third-order valence-corrected chi connectivity index (χ3v) is 5.07. The Bertz CT molecular complexity index is 627. The molecule has 1 N–H and O–H groups in total. The monoisotopic (exact) mass is 301 g/mol. The molecule has 0 atom stereocenters. The van der Waals surface area contributed by atoms with Crippen LogP contribution in [0.2, 0.25) is 0 Å². The van der Waals surface area contributed by atoms with Gasteiger partial charge in [-0.15, -0.1) is 11.3 Å². The fourth-order valence-electron chi connectivity index (χ4n) is 2.80. The van der Waals surface area contributed by atoms with Crippen molar-refractivity contribution in [1.82, 2.24) is 15.2 Å². The number of hydrogen-bond donors (Lipinski definition) is 1. The number of nitrogens with one attached hydrogen (secondary N) is 1. The van der Waals surface area contributed by atoms with Crippen LogP contribution >= 0.6 is 11.3 Å². The Hall–Kier alpha value is -1.23. The van der Waals surface area contributed by atoms with Crippen LogP contribution in [0.4, 0.5) is 0 Å². The molecule has 0 aliphatic carbocycles. The van der Waals surface area contributed by atoms with Gasteiger partial charge in [-0.05, 0) is 43.5 Å². The number of hydrogen-bond acceptors (Lipinski definition) is 4. The number of piperazine rings is 1. The molecule has 3 nitrogen and oxygen atoms in total. The standard InChI is InChI=1S/C17H23N3S/c1-12-8-14(3)15(9-13(12)2)16-11-21-17(19-16)10-20-6-4-18-5-7-20/h8-9,11,18H,4-7,10H2,1-3H3. The number of aryl methyl sites for hydroxylation is 3. The van der Waals surface area contributed by atoms with Crippen LogP contribution in [-0.2, 0) is 6.54 Å². The summed E-state index contributed by atoms with van der Waals surface area (Å²) in [5, 5.41) is 6.82. The van der Waals surface area contributed by atoms with Crippen LogP contribution in [0.25, 0.3) is 11.3 Å². The lowest BCUT2D eigenvalue weighted by molar-refractivity contribution is 0.233. The molecular weight excluding hydrogens is 278 g/mol. The summed E-state index contributed by atoms with van der Waals surface area (Å²) in [6.07, 6.45) is 0. The average molecular weight is 301 g/mol. The van der Waals surface area contributed by atoms with Gasteiger partial charge < -0.3 is 5.32 Å². The van der Waals surface area contributed by atoms with Crippen molar-refractivity contribution < 1.29 is 0 Å². The van der Waals surface area contributed by atoms with E-state index in [-0.39, 0.29) is 0 Å². The molecule has 21 heavy (non-hydrogen) atoms. The molecule has 0 spiro atoms. The van der Waals surface area contributed by atoms with Crippen LogP contribution in [0.3, 0.4) is 0 Å². The maximum absolute atomic E-state index is 4.86. The van der Waals surface area contributed by atoms with Crippen molar-refractivity contribution in [2.45, 2.75) is 27.3 Å². The van der Waals surface area contributed by atoms with E-state index in [0.717, 1.165) is 38.4 Å². The Morgan fingerprint density at radius 1 is 1.10 bits per heavy atom. The second-order valence-corrected chi connectivity index (χ2v) is 6.85. The predicted octanol–water partition coefficient (Wildman–Crippen LogP) is 3.14. The fourth-order valence-corrected chi connectivity index (χ4v) is 3.64. The van der Waals surface area contributed by atoms with Crippen molar-refractivity contribution in [3.05, 3.63) is 39.2 Å². The maximum Gasteiger partial charge on any atom is 0.107 e. The topological polar surface area (TPSA) is 28.2 Å². The molecule has 1 saturated heterocycles. The van der Waals surface area contributed by atoms with E-state index in [1.165, 1.54) is 27.3 Å². The van der Waals surface area contributed by atoms with Crippen molar-refractivity contribution in [2.24, 2.45) is 0 Å². The molecule has 112 valence electrons. The molecular formula is C17H23N3S. The zero-order chi connectivity index (χ0) is 14.8. The summed E-state index contributed by atoms with van der Waals surface area (Å²) < 4.78 is 0. The smallest absolute Gasteiger partial charge is 0.107 e. The largest absolute Gasteiger partial charge is 0.314 e. The van der Waals surface area contributed by atoms with Gasteiger partial charge in [0.05, 0.1) is 12.2 Å². The van der Waals surface area contributed by atoms with Gasteiger partial charge in [0, 0.05) is 37.1 Å². The van der Waals surface area contributed by atoms with E-state index in [0.29, 0.717) is 0 Å². The van der Waals surface area contributed by atoms with Gasteiger partial charge in [0.1, 0.15) is 5.01 Å². The van der Waals surface area contributed by atoms with Gasteiger partial charge in [0.25, 0.3) is 0 Å². The van der Waals surface area contributed by atoms with Crippen molar-refractivity contribution in [3.8, 4) is 11.3 Å². The highest BCUT2D eigenvalue weighted by molar-refractivity contribution is 7.09. The first-order valence-electron chi connectivity index (χ1n) is 7.59. The predicted molar refractivity (Wildman–Crippen MR) is 89.9 cm³/mol. The summed E-state index contributed by atoms with van der Waals surface area (Å²) >= 11 is 1.78. The van der Waals surface area contributed by atoms with Crippen LogP contribution < -0.4 is 5.32 Å². The zero-order valence-electron chi connectivity index (χ0n) is 13.1. The van der Waals surface area contributed by atoms with Crippen LogP contribution in [0.15, 0.2) is 17.5 Å². The Labute approximate surface area is 131 Å². The van der Waals surface area contributed by atoms with Gasteiger partial charge >= 0.3 is 0 Å². The molecule has 1 aromatic carbocycles. The number of nitrogens with zero attached hydrogens (tertiary/aromatic N) is 2. The van der Waals surface area contributed by atoms with Gasteiger partial charge in [-0.25, -0.2) is 4.98 Å². The number of aromatic nitrogens is 1. The number of benzene rings is 1. The number of rotatable bonds is 3. The van der Waals surface area contributed by atoms with Gasteiger partial charge in [-0.3, -0.25) is 4.90 Å². The van der Waals surface area contributed by atoms with E-state index in [4.69, 9.17) is 4.98 Å². The lowest BCUT2D eigenvalue weighted by Crippen LogP contribution is -2.42. The highest BCUT2D eigenvalue weighted by atomic mass is 32.1. The fraction of sp³-hybridized carbons (Fsp3) is 0.471. The molecule has 1 aliphatic rings. The van der Waals surface area contributed by atoms with Crippen molar-refractivity contribution in [1.29, 1.82) is 0 Å². The molecule has 3 rings (SSSR count). The molecule has 0 saturated carbocycles. The van der Waals surface area contributed by atoms with Gasteiger partial charge in [-0.1, -0.05) is 6.07 Å². The van der Waals surface area contributed by atoms with E-state index in [2.05, 4.69) is 48.5 Å². The highest BCUT2D eigenvalue weighted by Gasteiger charge is 2.13. The lowest BCUT2D eigenvalue weighted by atomic mass is 9.99. The summed E-state index contributed by atoms with van der Waals surface area (Å²) in [6, 6.07) is 4.54. The van der Waals surface area contributed by atoms with E-state index >= 15 is 0 Å². The summed E-state index contributed by atoms with van der Waals surface area (Å²) in [5.41, 5.74) is 6.42. The van der Waals surface area contributed by atoms with Crippen LogP contribution in [0.1, 0.15) is 21.7 Å². The molecule has 1 aliphatic heterocycles. The molecule has 4 heteroatoms. The molecule has 1 aromatic heterocycles. The summed E-state index contributed by atoms with van der Waals surface area (Å²) in [6.45, 7) is 11.9. The summed E-state index contributed by atoms with van der Waals surface area (Å²) in [4.78, 5) is 7.34. The lowest BCUT2D eigenvalue weighted by Gasteiger charge is -2.26. The SMILES string of the molecule is Cc1cc(C)c(-c2csc(CN3CCNCC3)n2)cc1C. The second kappa shape index (κ2) is 6.26. The summed E-state index contributed by atoms with van der Waals surface area (Å²) in [7, 11) is 0. The first kappa shape index (κ1) is 14.7. The van der Waals surface area contributed by atoms with Gasteiger partial charge in [0.2, 0.25) is 0 Å².